The van der Waals surface area contributed by atoms with Gasteiger partial charge in [0, 0.05) is 27.2 Å². The molecular weight excluding hydrogens is 398 g/mol. The van der Waals surface area contributed by atoms with Gasteiger partial charge in [-0.25, -0.2) is 0 Å². The summed E-state index contributed by atoms with van der Waals surface area (Å²) in [7, 11) is 0. The van der Waals surface area contributed by atoms with Gasteiger partial charge in [0.2, 0.25) is 0 Å². The molecule has 0 radical (unpaired) electrons. The van der Waals surface area contributed by atoms with Gasteiger partial charge in [-0.05, 0) is 106 Å². The maximum Gasteiger partial charge on any atom is 0.0471 e. The van der Waals surface area contributed by atoms with Crippen molar-refractivity contribution in [1.82, 2.24) is 4.98 Å². The Kier molecular flexibility index (Phi) is 2.45. The molecular formula is C32H25N. The van der Waals surface area contributed by atoms with E-state index in [1.165, 1.54) is 69.4 Å². The first kappa shape index (κ1) is 16.5. The molecule has 158 valence electrons. The average Bonchev–Trinajstić information content (AvgIpc) is 3.55. The fraction of sp³-hybridized carbons (Fsp3) is 0.312. The standard InChI is InChI=1S/C32H25N/c1-2-6-20-18(5-1)9-10-26-30(20)23-14-22-21-7-3-4-8-24(21)32(25(22)15-27(23)33-26)28-12-17-11-19-13-29(32)31(19,28)16-17/h1-10,14-15,17,19,28-29,33H,11-13,16H2. The zero-order valence-electron chi connectivity index (χ0n) is 18.6. The number of nitrogens with one attached hydrogen (secondary N) is 1. The maximum absolute atomic E-state index is 3.83. The molecule has 5 aliphatic rings. The summed E-state index contributed by atoms with van der Waals surface area (Å²) in [6.07, 6.45) is 6.00. The highest BCUT2D eigenvalue weighted by Gasteiger charge is 2.84. The number of H-pyrrole nitrogens is 1. The van der Waals surface area contributed by atoms with Crippen LogP contribution in [-0.2, 0) is 5.41 Å². The molecule has 4 fully saturated rings. The van der Waals surface area contributed by atoms with Crippen LogP contribution in [0.5, 0.6) is 0 Å². The SMILES string of the molecule is c1ccc2c(c1)-c1cc3c(cc1C21C2CC4CC5CC1C52C4)[nH]c1ccc2ccccc2c13. The van der Waals surface area contributed by atoms with Crippen LogP contribution in [0, 0.1) is 29.1 Å². The Bertz CT molecular complexity index is 1720. The number of benzene rings is 4. The summed E-state index contributed by atoms with van der Waals surface area (Å²) < 4.78 is 0. The number of aromatic nitrogens is 1. The van der Waals surface area contributed by atoms with Crippen LogP contribution >= 0.6 is 0 Å². The van der Waals surface area contributed by atoms with Gasteiger partial charge >= 0.3 is 0 Å². The van der Waals surface area contributed by atoms with E-state index in [4.69, 9.17) is 0 Å². The van der Waals surface area contributed by atoms with E-state index in [1.54, 1.807) is 11.1 Å². The topological polar surface area (TPSA) is 15.8 Å². The van der Waals surface area contributed by atoms with Crippen molar-refractivity contribution >= 4 is 32.6 Å². The number of aromatic amines is 1. The summed E-state index contributed by atoms with van der Waals surface area (Å²) in [6, 6.07) is 28.0. The second-order valence-corrected chi connectivity index (χ2v) is 11.9. The van der Waals surface area contributed by atoms with Crippen molar-refractivity contribution in [3.63, 3.8) is 0 Å². The zero-order chi connectivity index (χ0) is 21.1. The molecule has 10 rings (SSSR count). The third-order valence-corrected chi connectivity index (χ3v) is 11.2. The van der Waals surface area contributed by atoms with Crippen molar-refractivity contribution in [3.8, 4) is 11.1 Å². The summed E-state index contributed by atoms with van der Waals surface area (Å²) in [5.41, 5.74) is 9.93. The van der Waals surface area contributed by atoms with Crippen molar-refractivity contribution in [2.45, 2.75) is 31.1 Å². The van der Waals surface area contributed by atoms with E-state index in [0.717, 1.165) is 23.7 Å². The van der Waals surface area contributed by atoms with Gasteiger partial charge in [0.25, 0.3) is 0 Å². The van der Waals surface area contributed by atoms with Gasteiger partial charge in [-0.1, -0.05) is 54.6 Å². The molecule has 2 bridgehead atoms. The zero-order valence-corrected chi connectivity index (χ0v) is 18.6. The lowest BCUT2D eigenvalue weighted by molar-refractivity contribution is -0.231. The first-order valence-electron chi connectivity index (χ1n) is 12.9. The molecule has 5 aromatic rings. The van der Waals surface area contributed by atoms with Crippen LogP contribution < -0.4 is 0 Å². The summed E-state index contributed by atoms with van der Waals surface area (Å²) >= 11 is 0. The van der Waals surface area contributed by atoms with Gasteiger partial charge < -0.3 is 4.98 Å². The first-order valence-corrected chi connectivity index (χ1v) is 12.9. The predicted octanol–water partition coefficient (Wildman–Crippen LogP) is 7.81. The summed E-state index contributed by atoms with van der Waals surface area (Å²) in [6.45, 7) is 0. The second kappa shape index (κ2) is 4.89. The molecule has 1 nitrogen and oxygen atoms in total. The summed E-state index contributed by atoms with van der Waals surface area (Å²) in [5.74, 6) is 3.79. The van der Waals surface area contributed by atoms with Gasteiger partial charge in [-0.3, -0.25) is 0 Å². The Morgan fingerprint density at radius 2 is 1.58 bits per heavy atom. The van der Waals surface area contributed by atoms with Crippen LogP contribution in [0.25, 0.3) is 43.7 Å². The van der Waals surface area contributed by atoms with Crippen molar-refractivity contribution < 1.29 is 0 Å². The van der Waals surface area contributed by atoms with Crippen molar-refractivity contribution in [3.05, 3.63) is 83.9 Å². The predicted molar refractivity (Wildman–Crippen MR) is 134 cm³/mol. The highest BCUT2D eigenvalue weighted by atomic mass is 14.9. The Labute approximate surface area is 192 Å². The molecule has 1 N–H and O–H groups in total. The Hall–Kier alpha value is -3.06. The number of hydrogen-bond donors (Lipinski definition) is 1. The molecule has 2 spiro atoms. The summed E-state index contributed by atoms with van der Waals surface area (Å²) in [4.78, 5) is 3.83. The van der Waals surface area contributed by atoms with Crippen LogP contribution in [0.15, 0.2) is 72.8 Å². The van der Waals surface area contributed by atoms with Crippen LogP contribution in [-0.4, -0.2) is 4.98 Å². The Morgan fingerprint density at radius 3 is 2.55 bits per heavy atom. The lowest BCUT2D eigenvalue weighted by Gasteiger charge is -2.76. The second-order valence-electron chi connectivity index (χ2n) is 11.9. The molecule has 5 aliphatic carbocycles. The molecule has 0 aliphatic heterocycles. The van der Waals surface area contributed by atoms with E-state index >= 15 is 0 Å². The van der Waals surface area contributed by atoms with E-state index < -0.39 is 0 Å². The molecule has 0 amide bonds. The third-order valence-electron chi connectivity index (χ3n) is 11.2. The van der Waals surface area contributed by atoms with Gasteiger partial charge in [0.15, 0.2) is 0 Å². The van der Waals surface area contributed by atoms with E-state index in [0.29, 0.717) is 5.41 Å². The lowest BCUT2D eigenvalue weighted by atomic mass is 9.27. The maximum atomic E-state index is 3.83. The fourth-order valence-corrected chi connectivity index (χ4v) is 10.5. The molecule has 1 aromatic heterocycles. The minimum Gasteiger partial charge on any atom is -0.354 e. The smallest absolute Gasteiger partial charge is 0.0471 e. The Morgan fingerprint density at radius 1 is 0.697 bits per heavy atom. The van der Waals surface area contributed by atoms with Crippen molar-refractivity contribution in [1.29, 1.82) is 0 Å². The minimum absolute atomic E-state index is 0.283. The molecule has 4 aromatic carbocycles. The lowest BCUT2D eigenvalue weighted by Crippen LogP contribution is -2.73. The molecule has 33 heavy (non-hydrogen) atoms. The third kappa shape index (κ3) is 1.48. The normalized spacial score (nSPS) is 36.2. The molecule has 6 unspecified atom stereocenters. The van der Waals surface area contributed by atoms with E-state index in [1.807, 2.05) is 0 Å². The Balaban J connectivity index is 1.33. The molecule has 1 heteroatoms. The highest BCUT2D eigenvalue weighted by molar-refractivity contribution is 6.21. The number of rotatable bonds is 0. The van der Waals surface area contributed by atoms with Crippen LogP contribution in [0.2, 0.25) is 0 Å². The molecule has 1 heterocycles. The molecule has 0 saturated heterocycles. The van der Waals surface area contributed by atoms with Crippen LogP contribution in [0.1, 0.15) is 36.8 Å². The monoisotopic (exact) mass is 423 g/mol. The fourth-order valence-electron chi connectivity index (χ4n) is 10.5. The van der Waals surface area contributed by atoms with Gasteiger partial charge in [-0.2, -0.15) is 0 Å². The molecule has 6 atom stereocenters. The average molecular weight is 424 g/mol. The number of fused-ring (bicyclic) bond motifs is 13. The van der Waals surface area contributed by atoms with Crippen LogP contribution in [0.3, 0.4) is 0 Å². The van der Waals surface area contributed by atoms with E-state index in [2.05, 4.69) is 77.8 Å². The van der Waals surface area contributed by atoms with E-state index in [-0.39, 0.29) is 5.41 Å². The largest absolute Gasteiger partial charge is 0.354 e. The summed E-state index contributed by atoms with van der Waals surface area (Å²) in [5, 5.41) is 5.46. The van der Waals surface area contributed by atoms with Gasteiger partial charge in [-0.15, -0.1) is 0 Å². The van der Waals surface area contributed by atoms with Crippen LogP contribution in [0.4, 0.5) is 0 Å². The van der Waals surface area contributed by atoms with Crippen molar-refractivity contribution in [2.75, 3.05) is 0 Å². The van der Waals surface area contributed by atoms with Gasteiger partial charge in [0.1, 0.15) is 0 Å². The van der Waals surface area contributed by atoms with Gasteiger partial charge in [0.05, 0.1) is 0 Å². The minimum atomic E-state index is 0.283. The number of hydrogen-bond acceptors (Lipinski definition) is 0. The quantitative estimate of drug-likeness (QED) is 0.261. The molecule has 4 saturated carbocycles. The highest BCUT2D eigenvalue weighted by Crippen LogP contribution is 2.89. The van der Waals surface area contributed by atoms with E-state index in [9.17, 15) is 0 Å². The van der Waals surface area contributed by atoms with Crippen molar-refractivity contribution in [2.24, 2.45) is 29.1 Å². The first-order chi connectivity index (χ1) is 16.3.